The van der Waals surface area contributed by atoms with Crippen LogP contribution in [0.2, 0.25) is 0 Å². The minimum atomic E-state index is -0.919. The molecule has 1 aromatic heterocycles. The summed E-state index contributed by atoms with van der Waals surface area (Å²) in [6.07, 6.45) is 1.64. The van der Waals surface area contributed by atoms with Crippen LogP contribution in [-0.4, -0.2) is 23.5 Å². The van der Waals surface area contributed by atoms with Gasteiger partial charge >= 0.3 is 5.97 Å². The third-order valence-corrected chi connectivity index (χ3v) is 3.31. The number of ether oxygens (including phenoxy) is 1. The van der Waals surface area contributed by atoms with E-state index in [1.165, 1.54) is 19.1 Å². The molecule has 0 saturated carbocycles. The molecule has 0 aliphatic heterocycles. The van der Waals surface area contributed by atoms with E-state index in [4.69, 9.17) is 9.15 Å². The first-order valence-electron chi connectivity index (χ1n) is 8.21. The second-order valence-corrected chi connectivity index (χ2v) is 6.83. The lowest BCUT2D eigenvalue weighted by atomic mass is 10.1. The Morgan fingerprint density at radius 2 is 1.88 bits per heavy atom. The van der Waals surface area contributed by atoms with Crippen LogP contribution >= 0.6 is 0 Å². The van der Waals surface area contributed by atoms with E-state index in [-0.39, 0.29) is 5.91 Å². The molecule has 6 heteroatoms. The van der Waals surface area contributed by atoms with Gasteiger partial charge in [-0.1, -0.05) is 12.1 Å². The molecule has 1 heterocycles. The van der Waals surface area contributed by atoms with Gasteiger partial charge in [0.05, 0.1) is 5.56 Å². The first-order valence-corrected chi connectivity index (χ1v) is 8.21. The highest BCUT2D eigenvalue weighted by molar-refractivity contribution is 5.90. The van der Waals surface area contributed by atoms with E-state index >= 15 is 0 Å². The number of amides is 1. The molecule has 0 fully saturated rings. The van der Waals surface area contributed by atoms with Gasteiger partial charge in [-0.25, -0.2) is 9.18 Å². The third kappa shape index (κ3) is 5.58. The molecule has 0 bridgehead atoms. The van der Waals surface area contributed by atoms with E-state index in [1.807, 2.05) is 20.8 Å². The molecule has 138 valence electrons. The largest absolute Gasteiger partial charge is 0.457 e. The van der Waals surface area contributed by atoms with E-state index < -0.39 is 23.4 Å². The normalized spacial score (nSPS) is 12.8. The molecule has 0 radical (unpaired) electrons. The number of carbonyl (C=O) groups excluding carboxylic acids is 2. The average Bonchev–Trinajstić information content (AvgIpc) is 3.00. The molecule has 0 aliphatic rings. The van der Waals surface area contributed by atoms with Crippen molar-refractivity contribution in [2.24, 2.45) is 0 Å². The lowest BCUT2D eigenvalue weighted by Crippen LogP contribution is -2.46. The lowest BCUT2D eigenvalue weighted by Gasteiger charge is -2.22. The minimum Gasteiger partial charge on any atom is -0.457 e. The van der Waals surface area contributed by atoms with Gasteiger partial charge in [-0.2, -0.15) is 0 Å². The minimum absolute atomic E-state index is 0.335. The topological polar surface area (TPSA) is 68.5 Å². The number of esters is 1. The van der Waals surface area contributed by atoms with E-state index in [1.54, 1.807) is 30.3 Å². The van der Waals surface area contributed by atoms with Crippen LogP contribution < -0.4 is 5.32 Å². The van der Waals surface area contributed by atoms with Crippen molar-refractivity contribution in [3.8, 4) is 11.3 Å². The molecule has 5 nitrogen and oxygen atoms in total. The summed E-state index contributed by atoms with van der Waals surface area (Å²) < 4.78 is 24.3. The van der Waals surface area contributed by atoms with Crippen molar-refractivity contribution < 1.29 is 23.1 Å². The Bertz CT molecular complexity index is 817. The predicted molar refractivity (Wildman–Crippen MR) is 96.6 cm³/mol. The van der Waals surface area contributed by atoms with Crippen LogP contribution in [0.5, 0.6) is 0 Å². The summed E-state index contributed by atoms with van der Waals surface area (Å²) in [5, 5.41) is 2.73. The number of halogens is 1. The molecule has 26 heavy (non-hydrogen) atoms. The van der Waals surface area contributed by atoms with Gasteiger partial charge in [-0.3, -0.25) is 4.79 Å². The zero-order valence-corrected chi connectivity index (χ0v) is 15.2. The number of furan rings is 1. The number of rotatable bonds is 5. The summed E-state index contributed by atoms with van der Waals surface area (Å²) in [6, 6.07) is 9.47. The summed E-state index contributed by atoms with van der Waals surface area (Å²) in [4.78, 5) is 23.7. The van der Waals surface area contributed by atoms with Gasteiger partial charge in [0.25, 0.3) is 5.91 Å². The molecular formula is C20H22FNO4. The predicted octanol–water partition coefficient (Wildman–Crippen LogP) is 3.95. The fourth-order valence-corrected chi connectivity index (χ4v) is 2.14. The number of carbonyl (C=O) groups is 2. The Morgan fingerprint density at radius 3 is 2.54 bits per heavy atom. The molecule has 0 spiro atoms. The fraction of sp³-hybridized carbons (Fsp3) is 0.300. The molecule has 2 aromatic rings. The molecule has 0 aliphatic carbocycles. The first kappa shape index (κ1) is 19.4. The van der Waals surface area contributed by atoms with Gasteiger partial charge in [-0.15, -0.1) is 0 Å². The molecule has 1 N–H and O–H groups in total. The zero-order valence-electron chi connectivity index (χ0n) is 15.2. The molecule has 1 atom stereocenters. The Morgan fingerprint density at radius 1 is 1.19 bits per heavy atom. The van der Waals surface area contributed by atoms with Crippen LogP contribution in [-0.2, 0) is 14.3 Å². The smallest absolute Gasteiger partial charge is 0.331 e. The first-order chi connectivity index (χ1) is 12.2. The molecule has 2 rings (SSSR count). The van der Waals surface area contributed by atoms with Crippen LogP contribution in [0.1, 0.15) is 33.5 Å². The van der Waals surface area contributed by atoms with E-state index in [9.17, 15) is 14.0 Å². The summed E-state index contributed by atoms with van der Waals surface area (Å²) >= 11 is 0. The van der Waals surface area contributed by atoms with Crippen LogP contribution in [0, 0.1) is 5.82 Å². The van der Waals surface area contributed by atoms with Crippen molar-refractivity contribution in [1.29, 1.82) is 0 Å². The van der Waals surface area contributed by atoms with Crippen molar-refractivity contribution in [1.82, 2.24) is 5.32 Å². The van der Waals surface area contributed by atoms with Gasteiger partial charge in [0.2, 0.25) is 0 Å². The second-order valence-electron chi connectivity index (χ2n) is 6.83. The number of benzene rings is 1. The Labute approximate surface area is 151 Å². The molecule has 0 unspecified atom stereocenters. The monoisotopic (exact) mass is 359 g/mol. The Balaban J connectivity index is 1.97. The van der Waals surface area contributed by atoms with Crippen LogP contribution in [0.15, 0.2) is 46.9 Å². The van der Waals surface area contributed by atoms with Crippen LogP contribution in [0.25, 0.3) is 17.4 Å². The number of hydrogen-bond donors (Lipinski definition) is 1. The maximum Gasteiger partial charge on any atom is 0.331 e. The molecular weight excluding hydrogens is 337 g/mol. The Kier molecular flexibility index (Phi) is 5.97. The van der Waals surface area contributed by atoms with E-state index in [0.717, 1.165) is 6.08 Å². The average molecular weight is 359 g/mol. The quantitative estimate of drug-likeness (QED) is 0.648. The summed E-state index contributed by atoms with van der Waals surface area (Å²) in [7, 11) is 0. The van der Waals surface area contributed by atoms with Crippen molar-refractivity contribution >= 4 is 18.0 Å². The van der Waals surface area contributed by atoms with Gasteiger partial charge in [0, 0.05) is 11.6 Å². The SMILES string of the molecule is C[C@H](OC(=O)/C=C/c1ccc(-c2ccccc2F)o1)C(=O)NC(C)(C)C. The Hall–Kier alpha value is -2.89. The zero-order chi connectivity index (χ0) is 19.3. The fourth-order valence-electron chi connectivity index (χ4n) is 2.14. The van der Waals surface area contributed by atoms with Crippen molar-refractivity contribution in [3.63, 3.8) is 0 Å². The van der Waals surface area contributed by atoms with Crippen molar-refractivity contribution in [2.45, 2.75) is 39.3 Å². The maximum absolute atomic E-state index is 13.7. The maximum atomic E-state index is 13.7. The summed E-state index contributed by atoms with van der Waals surface area (Å²) in [6.45, 7) is 7.01. The van der Waals surface area contributed by atoms with Crippen LogP contribution in [0.4, 0.5) is 4.39 Å². The van der Waals surface area contributed by atoms with E-state index in [0.29, 0.717) is 17.1 Å². The van der Waals surface area contributed by atoms with Gasteiger partial charge in [-0.05, 0) is 58.0 Å². The highest BCUT2D eigenvalue weighted by Crippen LogP contribution is 2.25. The standard InChI is InChI=1S/C20H22FNO4/c1-13(19(24)22-20(2,3)4)25-18(23)12-10-14-9-11-17(26-14)15-7-5-6-8-16(15)21/h5-13H,1-4H3,(H,22,24)/b12-10+/t13-/m0/s1. The third-order valence-electron chi connectivity index (χ3n) is 3.31. The van der Waals surface area contributed by atoms with Gasteiger partial charge in [0.15, 0.2) is 6.10 Å². The van der Waals surface area contributed by atoms with Crippen LogP contribution in [0.3, 0.4) is 0 Å². The highest BCUT2D eigenvalue weighted by atomic mass is 19.1. The summed E-state index contributed by atoms with van der Waals surface area (Å²) in [5.74, 6) is -0.721. The second kappa shape index (κ2) is 7.99. The summed E-state index contributed by atoms with van der Waals surface area (Å²) in [5.41, 5.74) is -0.0765. The molecule has 1 amide bonds. The highest BCUT2D eigenvalue weighted by Gasteiger charge is 2.21. The number of nitrogens with one attached hydrogen (secondary N) is 1. The van der Waals surface area contributed by atoms with Crippen molar-refractivity contribution in [2.75, 3.05) is 0 Å². The lowest BCUT2D eigenvalue weighted by molar-refractivity contribution is -0.150. The van der Waals surface area contributed by atoms with Gasteiger partial charge < -0.3 is 14.5 Å². The number of hydrogen-bond acceptors (Lipinski definition) is 4. The van der Waals surface area contributed by atoms with Crippen molar-refractivity contribution in [3.05, 3.63) is 54.1 Å². The molecule has 0 saturated heterocycles. The van der Waals surface area contributed by atoms with Gasteiger partial charge in [0.1, 0.15) is 17.3 Å². The molecule has 1 aromatic carbocycles. The van der Waals surface area contributed by atoms with E-state index in [2.05, 4.69) is 5.32 Å².